The quantitative estimate of drug-likeness (QED) is 0.688. The summed E-state index contributed by atoms with van der Waals surface area (Å²) in [5.41, 5.74) is 0. The highest BCUT2D eigenvalue weighted by Gasteiger charge is 2.38. The predicted molar refractivity (Wildman–Crippen MR) is 80.2 cm³/mol. The SMILES string of the molecule is O=C([C@@H]1CC=CC[C@H]1C(=O)N1CCOCC1)N1CCOCC1. The van der Waals surface area contributed by atoms with E-state index in [2.05, 4.69) is 0 Å². The van der Waals surface area contributed by atoms with Gasteiger partial charge >= 0.3 is 0 Å². The van der Waals surface area contributed by atoms with E-state index < -0.39 is 0 Å². The number of rotatable bonds is 2. The van der Waals surface area contributed by atoms with E-state index in [-0.39, 0.29) is 23.7 Å². The van der Waals surface area contributed by atoms with Crippen LogP contribution in [-0.4, -0.2) is 74.2 Å². The molecule has 0 N–H and O–H groups in total. The first-order valence-electron chi connectivity index (χ1n) is 8.15. The maximum absolute atomic E-state index is 12.8. The molecule has 2 heterocycles. The maximum Gasteiger partial charge on any atom is 0.226 e. The van der Waals surface area contributed by atoms with Crippen LogP contribution in [0, 0.1) is 11.8 Å². The van der Waals surface area contributed by atoms with Gasteiger partial charge in [0.1, 0.15) is 0 Å². The van der Waals surface area contributed by atoms with Crippen LogP contribution in [-0.2, 0) is 19.1 Å². The summed E-state index contributed by atoms with van der Waals surface area (Å²) >= 11 is 0. The van der Waals surface area contributed by atoms with Crippen LogP contribution in [0.25, 0.3) is 0 Å². The van der Waals surface area contributed by atoms with Crippen LogP contribution < -0.4 is 0 Å². The number of carbonyl (C=O) groups excluding carboxylic acids is 2. The van der Waals surface area contributed by atoms with Crippen molar-refractivity contribution >= 4 is 11.8 Å². The van der Waals surface area contributed by atoms with Gasteiger partial charge in [-0.05, 0) is 12.8 Å². The number of morpholine rings is 2. The third-order valence-electron chi connectivity index (χ3n) is 4.71. The van der Waals surface area contributed by atoms with Gasteiger partial charge in [0.2, 0.25) is 11.8 Å². The number of amides is 2. The van der Waals surface area contributed by atoms with Gasteiger partial charge in [0, 0.05) is 26.2 Å². The van der Waals surface area contributed by atoms with Crippen LogP contribution >= 0.6 is 0 Å². The van der Waals surface area contributed by atoms with Gasteiger partial charge in [0.15, 0.2) is 0 Å². The van der Waals surface area contributed by atoms with E-state index in [9.17, 15) is 9.59 Å². The minimum atomic E-state index is -0.224. The molecule has 2 atom stereocenters. The van der Waals surface area contributed by atoms with Crippen molar-refractivity contribution < 1.29 is 19.1 Å². The summed E-state index contributed by atoms with van der Waals surface area (Å²) in [6, 6.07) is 0. The molecule has 2 aliphatic heterocycles. The summed E-state index contributed by atoms with van der Waals surface area (Å²) in [6.45, 7) is 4.92. The summed E-state index contributed by atoms with van der Waals surface area (Å²) in [4.78, 5) is 29.3. The average molecular weight is 308 g/mol. The topological polar surface area (TPSA) is 59.1 Å². The zero-order valence-corrected chi connectivity index (χ0v) is 12.9. The molecule has 0 aromatic heterocycles. The second kappa shape index (κ2) is 7.24. The third-order valence-corrected chi connectivity index (χ3v) is 4.71. The minimum absolute atomic E-state index is 0.110. The second-order valence-electron chi connectivity index (χ2n) is 6.03. The molecule has 2 amide bonds. The molecule has 0 bridgehead atoms. The molecule has 2 saturated heterocycles. The number of allylic oxidation sites excluding steroid dienone is 2. The van der Waals surface area contributed by atoms with E-state index in [1.165, 1.54) is 0 Å². The molecular weight excluding hydrogens is 284 g/mol. The Labute approximate surface area is 131 Å². The van der Waals surface area contributed by atoms with E-state index >= 15 is 0 Å². The lowest BCUT2D eigenvalue weighted by Crippen LogP contribution is -2.50. The number of ether oxygens (including phenoxy) is 2. The van der Waals surface area contributed by atoms with E-state index in [1.54, 1.807) is 0 Å². The molecule has 22 heavy (non-hydrogen) atoms. The van der Waals surface area contributed by atoms with Crippen LogP contribution in [0.1, 0.15) is 12.8 Å². The van der Waals surface area contributed by atoms with Crippen molar-refractivity contribution in [1.29, 1.82) is 0 Å². The van der Waals surface area contributed by atoms with Crippen LogP contribution in [0.5, 0.6) is 0 Å². The van der Waals surface area contributed by atoms with Crippen molar-refractivity contribution in [2.24, 2.45) is 11.8 Å². The van der Waals surface area contributed by atoms with Gasteiger partial charge in [0.25, 0.3) is 0 Å². The van der Waals surface area contributed by atoms with Crippen molar-refractivity contribution in [2.75, 3.05) is 52.6 Å². The monoisotopic (exact) mass is 308 g/mol. The fraction of sp³-hybridized carbons (Fsp3) is 0.750. The van der Waals surface area contributed by atoms with E-state index in [0.717, 1.165) is 0 Å². The first kappa shape index (κ1) is 15.5. The van der Waals surface area contributed by atoms with E-state index in [4.69, 9.17) is 9.47 Å². The van der Waals surface area contributed by atoms with E-state index in [0.29, 0.717) is 65.4 Å². The van der Waals surface area contributed by atoms with Crippen molar-refractivity contribution in [3.05, 3.63) is 12.2 Å². The Kier molecular flexibility index (Phi) is 5.10. The highest BCUT2D eigenvalue weighted by molar-refractivity contribution is 5.88. The molecule has 0 aromatic rings. The first-order chi connectivity index (χ1) is 10.8. The average Bonchev–Trinajstić information content (AvgIpc) is 2.62. The van der Waals surface area contributed by atoms with Gasteiger partial charge in [-0.15, -0.1) is 0 Å². The summed E-state index contributed by atoms with van der Waals surface area (Å²) in [7, 11) is 0. The Balaban J connectivity index is 1.68. The summed E-state index contributed by atoms with van der Waals surface area (Å²) < 4.78 is 10.6. The molecule has 6 heteroatoms. The lowest BCUT2D eigenvalue weighted by atomic mass is 9.81. The zero-order valence-electron chi connectivity index (χ0n) is 12.9. The van der Waals surface area contributed by atoms with Gasteiger partial charge < -0.3 is 19.3 Å². The van der Waals surface area contributed by atoms with Gasteiger partial charge in [0.05, 0.1) is 38.3 Å². The summed E-state index contributed by atoms with van der Waals surface area (Å²) in [5, 5.41) is 0. The molecule has 6 nitrogen and oxygen atoms in total. The molecule has 2 fully saturated rings. The standard InChI is InChI=1S/C16H24N2O4/c19-15(17-5-9-21-10-6-17)13-3-1-2-4-14(13)16(20)18-7-11-22-12-8-18/h1-2,13-14H,3-12H2/t13-,14-/m1/s1. The Morgan fingerprint density at radius 1 is 0.727 bits per heavy atom. The zero-order chi connectivity index (χ0) is 15.4. The molecule has 0 aromatic carbocycles. The van der Waals surface area contributed by atoms with Crippen LogP contribution in [0.3, 0.4) is 0 Å². The second-order valence-corrected chi connectivity index (χ2v) is 6.03. The number of hydrogen-bond acceptors (Lipinski definition) is 4. The Morgan fingerprint density at radius 2 is 1.09 bits per heavy atom. The maximum atomic E-state index is 12.8. The van der Waals surface area contributed by atoms with Gasteiger partial charge in [-0.1, -0.05) is 12.2 Å². The molecule has 0 unspecified atom stereocenters. The van der Waals surface area contributed by atoms with Crippen molar-refractivity contribution in [2.45, 2.75) is 12.8 Å². The smallest absolute Gasteiger partial charge is 0.226 e. The lowest BCUT2D eigenvalue weighted by Gasteiger charge is -2.37. The largest absolute Gasteiger partial charge is 0.378 e. The fourth-order valence-corrected chi connectivity index (χ4v) is 3.40. The lowest BCUT2D eigenvalue weighted by molar-refractivity contribution is -0.150. The van der Waals surface area contributed by atoms with Crippen molar-refractivity contribution in [3.63, 3.8) is 0 Å². The molecule has 0 radical (unpaired) electrons. The number of carbonyl (C=O) groups is 2. The van der Waals surface area contributed by atoms with Gasteiger partial charge in [-0.3, -0.25) is 9.59 Å². The van der Waals surface area contributed by atoms with Crippen LogP contribution in [0.15, 0.2) is 12.2 Å². The predicted octanol–water partition coefficient (Wildman–Crippen LogP) is 0.286. The first-order valence-corrected chi connectivity index (χ1v) is 8.15. The van der Waals surface area contributed by atoms with Crippen LogP contribution in [0.4, 0.5) is 0 Å². The Morgan fingerprint density at radius 3 is 1.45 bits per heavy atom. The highest BCUT2D eigenvalue weighted by atomic mass is 16.5. The van der Waals surface area contributed by atoms with E-state index in [1.807, 2.05) is 22.0 Å². The molecule has 3 rings (SSSR count). The Bertz CT molecular complexity index is 399. The van der Waals surface area contributed by atoms with Crippen LogP contribution in [0.2, 0.25) is 0 Å². The molecule has 3 aliphatic rings. The normalized spacial score (nSPS) is 29.5. The molecular formula is C16H24N2O4. The molecule has 0 saturated carbocycles. The minimum Gasteiger partial charge on any atom is -0.378 e. The van der Waals surface area contributed by atoms with Crippen molar-refractivity contribution in [1.82, 2.24) is 9.80 Å². The summed E-state index contributed by atoms with van der Waals surface area (Å²) in [6.07, 6.45) is 5.39. The number of nitrogens with zero attached hydrogens (tertiary/aromatic N) is 2. The third kappa shape index (κ3) is 3.33. The van der Waals surface area contributed by atoms with Gasteiger partial charge in [-0.25, -0.2) is 0 Å². The molecule has 1 aliphatic carbocycles. The molecule has 0 spiro atoms. The number of hydrogen-bond donors (Lipinski definition) is 0. The van der Waals surface area contributed by atoms with Gasteiger partial charge in [-0.2, -0.15) is 0 Å². The molecule has 122 valence electrons. The highest BCUT2D eigenvalue weighted by Crippen LogP contribution is 2.29. The Hall–Kier alpha value is -1.40. The fourth-order valence-electron chi connectivity index (χ4n) is 3.40. The van der Waals surface area contributed by atoms with Crippen molar-refractivity contribution in [3.8, 4) is 0 Å². The summed E-state index contributed by atoms with van der Waals surface area (Å²) in [5.74, 6) is -0.226.